The first kappa shape index (κ1) is 23.7. The molecule has 1 aliphatic rings. The van der Waals surface area contributed by atoms with Crippen molar-refractivity contribution in [3.05, 3.63) is 95.6 Å². The first-order chi connectivity index (χ1) is 16.3. The fraction of sp³-hybridized carbons (Fsp3) is 0.200. The Morgan fingerprint density at radius 1 is 1.21 bits per heavy atom. The lowest BCUT2D eigenvalue weighted by Gasteiger charge is -2.24. The number of ether oxygens (including phenoxy) is 2. The molecule has 7 nitrogen and oxygen atoms in total. The number of carbonyl (C=O) groups is 2. The second-order valence-electron chi connectivity index (χ2n) is 7.52. The summed E-state index contributed by atoms with van der Waals surface area (Å²) in [6, 6.07) is 13.2. The lowest BCUT2D eigenvalue weighted by Crippen LogP contribution is -2.39. The maximum Gasteiger partial charge on any atom is 0.338 e. The quantitative estimate of drug-likeness (QED) is 0.399. The van der Waals surface area contributed by atoms with Gasteiger partial charge in [-0.25, -0.2) is 9.79 Å². The van der Waals surface area contributed by atoms with E-state index in [1.165, 1.54) is 22.8 Å². The van der Waals surface area contributed by atoms with E-state index in [2.05, 4.69) is 4.99 Å². The Bertz CT molecular complexity index is 1480. The fourth-order valence-electron chi connectivity index (χ4n) is 3.74. The largest absolute Gasteiger partial charge is 0.463 e. The minimum Gasteiger partial charge on any atom is -0.463 e. The average Bonchev–Trinajstić information content (AvgIpc) is 3.08. The predicted molar refractivity (Wildman–Crippen MR) is 130 cm³/mol. The average molecular weight is 497 g/mol. The van der Waals surface area contributed by atoms with Gasteiger partial charge in [0.2, 0.25) is 0 Å². The normalized spacial score (nSPS) is 15.5. The van der Waals surface area contributed by atoms with Crippen molar-refractivity contribution in [1.29, 1.82) is 0 Å². The van der Waals surface area contributed by atoms with Gasteiger partial charge in [-0.2, -0.15) is 0 Å². The SMILES string of the molecule is CCOC(=O)C1=C(C)N=c2sc(=Cc3cccc(OC(C)=O)c3)c(=O)n2C1c1ccc(Cl)cc1. The molecule has 0 N–H and O–H groups in total. The van der Waals surface area contributed by atoms with Gasteiger partial charge in [0.25, 0.3) is 5.56 Å². The molecule has 1 unspecified atom stereocenters. The van der Waals surface area contributed by atoms with E-state index in [0.29, 0.717) is 42.5 Å². The van der Waals surface area contributed by atoms with Crippen LogP contribution in [0.25, 0.3) is 6.08 Å². The molecule has 34 heavy (non-hydrogen) atoms. The van der Waals surface area contributed by atoms with Crippen molar-refractivity contribution in [2.24, 2.45) is 4.99 Å². The molecular weight excluding hydrogens is 476 g/mol. The molecule has 1 atom stereocenters. The molecule has 2 aromatic carbocycles. The fourth-order valence-corrected chi connectivity index (χ4v) is 4.91. The topological polar surface area (TPSA) is 87.0 Å². The highest BCUT2D eigenvalue weighted by molar-refractivity contribution is 7.07. The number of hydrogen-bond acceptors (Lipinski definition) is 7. The third kappa shape index (κ3) is 4.73. The molecule has 0 saturated carbocycles. The lowest BCUT2D eigenvalue weighted by molar-refractivity contribution is -0.139. The second-order valence-corrected chi connectivity index (χ2v) is 8.97. The van der Waals surface area contributed by atoms with Gasteiger partial charge in [0, 0.05) is 11.9 Å². The van der Waals surface area contributed by atoms with Crippen molar-refractivity contribution in [2.45, 2.75) is 26.8 Å². The van der Waals surface area contributed by atoms with Crippen molar-refractivity contribution < 1.29 is 19.1 Å². The summed E-state index contributed by atoms with van der Waals surface area (Å²) in [7, 11) is 0. The number of aromatic nitrogens is 1. The van der Waals surface area contributed by atoms with Gasteiger partial charge >= 0.3 is 11.9 Å². The zero-order valence-corrected chi connectivity index (χ0v) is 20.3. The number of carbonyl (C=O) groups excluding carboxylic acids is 2. The number of benzene rings is 2. The molecule has 9 heteroatoms. The number of halogens is 1. The first-order valence-electron chi connectivity index (χ1n) is 10.5. The van der Waals surface area contributed by atoms with E-state index in [1.54, 1.807) is 68.5 Å². The van der Waals surface area contributed by atoms with E-state index >= 15 is 0 Å². The smallest absolute Gasteiger partial charge is 0.338 e. The van der Waals surface area contributed by atoms with E-state index in [-0.39, 0.29) is 12.2 Å². The van der Waals surface area contributed by atoms with Crippen LogP contribution >= 0.6 is 22.9 Å². The van der Waals surface area contributed by atoms with Crippen LogP contribution in [0.5, 0.6) is 5.75 Å². The predicted octanol–water partition coefficient (Wildman–Crippen LogP) is 3.38. The van der Waals surface area contributed by atoms with Gasteiger partial charge in [0.1, 0.15) is 5.75 Å². The Hall–Kier alpha value is -3.49. The highest BCUT2D eigenvalue weighted by Gasteiger charge is 2.33. The lowest BCUT2D eigenvalue weighted by atomic mass is 9.96. The molecule has 1 aliphatic heterocycles. The Labute approximate surface area is 204 Å². The summed E-state index contributed by atoms with van der Waals surface area (Å²) in [4.78, 5) is 42.7. The van der Waals surface area contributed by atoms with Gasteiger partial charge in [-0.3, -0.25) is 14.2 Å². The Kier molecular flexibility index (Phi) is 6.81. The van der Waals surface area contributed by atoms with Gasteiger partial charge in [0.15, 0.2) is 4.80 Å². The van der Waals surface area contributed by atoms with Crippen LogP contribution in [-0.2, 0) is 14.3 Å². The van der Waals surface area contributed by atoms with Crippen molar-refractivity contribution in [3.8, 4) is 5.75 Å². The molecule has 0 radical (unpaired) electrons. The van der Waals surface area contributed by atoms with Gasteiger partial charge in [-0.05, 0) is 55.3 Å². The third-order valence-electron chi connectivity index (χ3n) is 5.12. The zero-order chi connectivity index (χ0) is 24.4. The van der Waals surface area contributed by atoms with Crippen LogP contribution in [0.3, 0.4) is 0 Å². The van der Waals surface area contributed by atoms with Crippen LogP contribution in [0.15, 0.2) is 69.6 Å². The minimum absolute atomic E-state index is 0.200. The first-order valence-corrected chi connectivity index (χ1v) is 11.7. The third-order valence-corrected chi connectivity index (χ3v) is 6.36. The van der Waals surface area contributed by atoms with Crippen molar-refractivity contribution in [2.75, 3.05) is 6.61 Å². The molecule has 3 aromatic rings. The van der Waals surface area contributed by atoms with E-state index < -0.39 is 18.0 Å². The molecule has 0 spiro atoms. The van der Waals surface area contributed by atoms with E-state index in [1.807, 2.05) is 0 Å². The maximum atomic E-state index is 13.6. The van der Waals surface area contributed by atoms with Crippen molar-refractivity contribution >= 4 is 41.0 Å². The molecule has 174 valence electrons. The van der Waals surface area contributed by atoms with Gasteiger partial charge in [0.05, 0.1) is 28.5 Å². The Balaban J connectivity index is 1.90. The Morgan fingerprint density at radius 2 is 1.94 bits per heavy atom. The van der Waals surface area contributed by atoms with E-state index in [0.717, 1.165) is 0 Å². The highest BCUT2D eigenvalue weighted by atomic mass is 35.5. The summed E-state index contributed by atoms with van der Waals surface area (Å²) in [6.45, 7) is 4.98. The van der Waals surface area contributed by atoms with Gasteiger partial charge in [-0.15, -0.1) is 0 Å². The van der Waals surface area contributed by atoms with E-state index in [4.69, 9.17) is 21.1 Å². The summed E-state index contributed by atoms with van der Waals surface area (Å²) < 4.78 is 12.4. The number of hydrogen-bond donors (Lipinski definition) is 0. The molecule has 0 saturated heterocycles. The molecular formula is C25H21ClN2O5S. The number of thiazole rings is 1. The molecule has 0 fully saturated rings. The summed E-state index contributed by atoms with van der Waals surface area (Å²) in [5.74, 6) is -0.568. The number of nitrogens with zero attached hydrogens (tertiary/aromatic N) is 2. The molecule has 0 amide bonds. The number of fused-ring (bicyclic) bond motifs is 1. The van der Waals surface area contributed by atoms with Crippen LogP contribution in [-0.4, -0.2) is 23.1 Å². The molecule has 2 heterocycles. The summed E-state index contributed by atoms with van der Waals surface area (Å²) in [5, 5.41) is 0.544. The van der Waals surface area contributed by atoms with Crippen molar-refractivity contribution in [1.82, 2.24) is 4.57 Å². The van der Waals surface area contributed by atoms with Gasteiger partial charge < -0.3 is 9.47 Å². The van der Waals surface area contributed by atoms with Crippen LogP contribution in [0.1, 0.15) is 37.9 Å². The summed E-state index contributed by atoms with van der Waals surface area (Å²) in [6.07, 6.45) is 1.71. The van der Waals surface area contributed by atoms with Crippen LogP contribution < -0.4 is 19.6 Å². The molecule has 1 aromatic heterocycles. The summed E-state index contributed by atoms with van der Waals surface area (Å²) >= 11 is 7.29. The van der Waals surface area contributed by atoms with E-state index in [9.17, 15) is 14.4 Å². The van der Waals surface area contributed by atoms with Crippen molar-refractivity contribution in [3.63, 3.8) is 0 Å². The van der Waals surface area contributed by atoms with Gasteiger partial charge in [-0.1, -0.05) is 47.2 Å². The molecule has 0 bridgehead atoms. The number of esters is 2. The Morgan fingerprint density at radius 3 is 2.62 bits per heavy atom. The molecule has 4 rings (SSSR count). The highest BCUT2D eigenvalue weighted by Crippen LogP contribution is 2.31. The molecule has 0 aliphatic carbocycles. The van der Waals surface area contributed by atoms with Crippen LogP contribution in [0.2, 0.25) is 5.02 Å². The number of allylic oxidation sites excluding steroid dienone is 1. The number of rotatable bonds is 5. The standard InChI is InChI=1S/C25H21ClN2O5S/c1-4-32-24(31)21-14(2)27-25-28(22(21)17-8-10-18(26)11-9-17)23(30)20(34-25)13-16-6-5-7-19(12-16)33-15(3)29/h5-13,22H,4H2,1-3H3. The zero-order valence-electron chi connectivity index (χ0n) is 18.7. The van der Waals surface area contributed by atoms with Crippen LogP contribution in [0, 0.1) is 0 Å². The minimum atomic E-state index is -0.706. The monoisotopic (exact) mass is 496 g/mol. The summed E-state index contributed by atoms with van der Waals surface area (Å²) in [5.41, 5.74) is 1.90. The maximum absolute atomic E-state index is 13.6. The van der Waals surface area contributed by atoms with Crippen LogP contribution in [0.4, 0.5) is 0 Å². The second kappa shape index (κ2) is 9.79.